The third kappa shape index (κ3) is 2.86. The summed E-state index contributed by atoms with van der Waals surface area (Å²) in [6, 6.07) is 0. The minimum Gasteiger partial charge on any atom is -0.512 e. The number of carboxylic acids is 1. The molecule has 0 heterocycles. The summed E-state index contributed by atoms with van der Waals surface area (Å²) in [6.07, 6.45) is 10.7. The number of hydrogen-bond acceptors (Lipinski definition) is 3. The lowest BCUT2D eigenvalue weighted by Crippen LogP contribution is -2.51. The van der Waals surface area contributed by atoms with Crippen LogP contribution >= 0.6 is 0 Å². The number of ketones is 1. The maximum Gasteiger partial charge on any atom is 0.303 e. The van der Waals surface area contributed by atoms with Crippen LogP contribution in [0.4, 0.5) is 0 Å². The summed E-state index contributed by atoms with van der Waals surface area (Å²) in [5.41, 5.74) is 1.21. The van der Waals surface area contributed by atoms with Gasteiger partial charge in [-0.25, -0.2) is 0 Å². The van der Waals surface area contributed by atoms with Crippen LogP contribution in [0.25, 0.3) is 0 Å². The smallest absolute Gasteiger partial charge is 0.303 e. The number of carboxylic acid groups (broad SMARTS) is 1. The number of rotatable bonds is 4. The molecule has 2 N–H and O–H groups in total. The van der Waals surface area contributed by atoms with E-state index in [0.717, 1.165) is 44.1 Å². The first-order chi connectivity index (χ1) is 13.2. The van der Waals surface area contributed by atoms with E-state index >= 15 is 0 Å². The lowest BCUT2D eigenvalue weighted by Gasteiger charge is -2.57. The SMILES string of the molecule is CC(CCC(=O)O)C1CCC2C3C(O)=CC4=CC(=O)CC[C@]4(C)C3CC[C@]12C. The first-order valence-corrected chi connectivity index (χ1v) is 11.0. The van der Waals surface area contributed by atoms with Crippen molar-refractivity contribution in [2.45, 2.75) is 72.1 Å². The molecule has 4 nitrogen and oxygen atoms in total. The quantitative estimate of drug-likeness (QED) is 0.688. The molecule has 154 valence electrons. The molecule has 28 heavy (non-hydrogen) atoms. The summed E-state index contributed by atoms with van der Waals surface area (Å²) in [7, 11) is 0. The van der Waals surface area contributed by atoms with Crippen LogP contribution in [-0.4, -0.2) is 22.0 Å². The van der Waals surface area contributed by atoms with Crippen molar-refractivity contribution < 1.29 is 19.8 Å². The van der Waals surface area contributed by atoms with E-state index < -0.39 is 5.97 Å². The molecule has 2 fully saturated rings. The molecule has 0 aromatic heterocycles. The summed E-state index contributed by atoms with van der Waals surface area (Å²) < 4.78 is 0. The molecule has 0 aromatic rings. The Morgan fingerprint density at radius 2 is 1.93 bits per heavy atom. The van der Waals surface area contributed by atoms with Crippen LogP contribution in [-0.2, 0) is 9.59 Å². The molecule has 0 aliphatic heterocycles. The van der Waals surface area contributed by atoms with Gasteiger partial charge in [0.25, 0.3) is 0 Å². The van der Waals surface area contributed by atoms with Gasteiger partial charge >= 0.3 is 5.97 Å². The molecule has 4 heteroatoms. The second-order valence-corrected chi connectivity index (χ2v) is 10.4. The van der Waals surface area contributed by atoms with Crippen molar-refractivity contribution in [3.05, 3.63) is 23.5 Å². The topological polar surface area (TPSA) is 74.6 Å². The Morgan fingerprint density at radius 1 is 1.18 bits per heavy atom. The summed E-state index contributed by atoms with van der Waals surface area (Å²) in [5, 5.41) is 20.1. The lowest BCUT2D eigenvalue weighted by atomic mass is 9.47. The van der Waals surface area contributed by atoms with E-state index in [2.05, 4.69) is 20.8 Å². The van der Waals surface area contributed by atoms with Gasteiger partial charge in [-0.2, -0.15) is 0 Å². The number of carbonyl (C=O) groups is 2. The summed E-state index contributed by atoms with van der Waals surface area (Å²) >= 11 is 0. The van der Waals surface area contributed by atoms with Crippen molar-refractivity contribution >= 4 is 11.8 Å². The predicted molar refractivity (Wildman–Crippen MR) is 108 cm³/mol. The highest BCUT2D eigenvalue weighted by Gasteiger charge is 2.60. The second-order valence-electron chi connectivity index (χ2n) is 10.4. The zero-order valence-electron chi connectivity index (χ0n) is 17.4. The van der Waals surface area contributed by atoms with Crippen molar-refractivity contribution in [3.63, 3.8) is 0 Å². The maximum absolute atomic E-state index is 12.0. The van der Waals surface area contributed by atoms with Gasteiger partial charge in [-0.3, -0.25) is 9.59 Å². The highest BCUT2D eigenvalue weighted by molar-refractivity contribution is 5.92. The fraction of sp³-hybridized carbons (Fsp3) is 0.750. The van der Waals surface area contributed by atoms with Crippen molar-refractivity contribution in [2.24, 2.45) is 40.4 Å². The molecule has 0 spiro atoms. The standard InChI is InChI=1S/C24H34O4/c1-14(4-7-21(27)28)17-5-6-18-22-19(9-11-24(17,18)3)23(2)10-8-16(25)12-15(23)13-20(22)26/h12-14,17-19,22,26H,4-11H2,1-3H3,(H,27,28)/t14?,17?,18?,19?,22?,23-,24+/m0/s1. The number of carbonyl (C=O) groups excluding carboxylic acids is 1. The minimum atomic E-state index is -0.706. The van der Waals surface area contributed by atoms with Gasteiger partial charge in [0.2, 0.25) is 0 Å². The third-order valence-corrected chi connectivity index (χ3v) is 9.17. The number of aliphatic hydroxyl groups is 1. The van der Waals surface area contributed by atoms with Crippen molar-refractivity contribution in [3.8, 4) is 0 Å². The van der Waals surface area contributed by atoms with Gasteiger partial charge in [-0.05, 0) is 90.8 Å². The number of allylic oxidation sites excluding steroid dienone is 4. The second kappa shape index (κ2) is 6.74. The molecule has 0 radical (unpaired) electrons. The monoisotopic (exact) mass is 386 g/mol. The average Bonchev–Trinajstić information content (AvgIpc) is 2.98. The van der Waals surface area contributed by atoms with Crippen LogP contribution in [0.1, 0.15) is 72.1 Å². The molecule has 4 aliphatic carbocycles. The fourth-order valence-corrected chi connectivity index (χ4v) is 7.59. The summed E-state index contributed by atoms with van der Waals surface area (Å²) in [4.78, 5) is 23.0. The van der Waals surface area contributed by atoms with Crippen LogP contribution in [0, 0.1) is 40.4 Å². The molecule has 4 aliphatic rings. The number of hydrogen-bond donors (Lipinski definition) is 2. The predicted octanol–water partition coefficient (Wildman–Crippen LogP) is 5.30. The van der Waals surface area contributed by atoms with Gasteiger partial charge in [0.05, 0.1) is 5.76 Å². The van der Waals surface area contributed by atoms with E-state index in [1.165, 1.54) is 0 Å². The Hall–Kier alpha value is -1.58. The van der Waals surface area contributed by atoms with Crippen LogP contribution in [0.3, 0.4) is 0 Å². The van der Waals surface area contributed by atoms with Crippen molar-refractivity contribution in [2.75, 3.05) is 0 Å². The van der Waals surface area contributed by atoms with Gasteiger partial charge in [-0.1, -0.05) is 20.8 Å². The Labute approximate surface area is 168 Å². The zero-order chi connectivity index (χ0) is 20.3. The van der Waals surface area contributed by atoms with E-state index in [-0.39, 0.29) is 29.0 Å². The van der Waals surface area contributed by atoms with Crippen molar-refractivity contribution in [1.29, 1.82) is 0 Å². The maximum atomic E-state index is 12.0. The van der Waals surface area contributed by atoms with E-state index in [1.54, 1.807) is 6.08 Å². The van der Waals surface area contributed by atoms with Gasteiger partial charge < -0.3 is 10.2 Å². The molecular formula is C24H34O4. The van der Waals surface area contributed by atoms with E-state index in [4.69, 9.17) is 5.11 Å². The van der Waals surface area contributed by atoms with Gasteiger partial charge in [0.1, 0.15) is 0 Å². The average molecular weight is 387 g/mol. The summed E-state index contributed by atoms with van der Waals surface area (Å²) in [5.74, 6) is 1.94. The Morgan fingerprint density at radius 3 is 2.64 bits per heavy atom. The van der Waals surface area contributed by atoms with Gasteiger partial charge in [0.15, 0.2) is 5.78 Å². The highest BCUT2D eigenvalue weighted by Crippen LogP contribution is 2.67. The zero-order valence-corrected chi connectivity index (χ0v) is 17.4. The molecule has 0 bridgehead atoms. The normalized spacial score (nSPS) is 43.3. The Balaban J connectivity index is 1.63. The van der Waals surface area contributed by atoms with Crippen molar-refractivity contribution in [1.82, 2.24) is 0 Å². The minimum absolute atomic E-state index is 0.000846. The number of aliphatic hydroxyl groups excluding tert-OH is 1. The molecule has 7 atom stereocenters. The molecule has 0 amide bonds. The van der Waals surface area contributed by atoms with Gasteiger partial charge in [0, 0.05) is 18.8 Å². The van der Waals surface area contributed by atoms with Crippen LogP contribution in [0.2, 0.25) is 0 Å². The first kappa shape index (κ1) is 19.7. The van der Waals surface area contributed by atoms with E-state index in [0.29, 0.717) is 35.9 Å². The molecule has 5 unspecified atom stereocenters. The van der Waals surface area contributed by atoms with E-state index in [1.807, 2.05) is 6.08 Å². The van der Waals surface area contributed by atoms with Crippen LogP contribution in [0.5, 0.6) is 0 Å². The first-order valence-electron chi connectivity index (χ1n) is 11.0. The molecule has 4 rings (SSSR count). The van der Waals surface area contributed by atoms with Crippen LogP contribution < -0.4 is 0 Å². The van der Waals surface area contributed by atoms with E-state index in [9.17, 15) is 14.7 Å². The lowest BCUT2D eigenvalue weighted by molar-refractivity contribution is -0.137. The molecule has 0 aromatic carbocycles. The Bertz CT molecular complexity index is 750. The molecular weight excluding hydrogens is 352 g/mol. The molecule has 2 saturated carbocycles. The Kier molecular flexibility index (Phi) is 4.75. The summed E-state index contributed by atoms with van der Waals surface area (Å²) in [6.45, 7) is 6.92. The number of fused-ring (bicyclic) bond motifs is 5. The number of aliphatic carboxylic acids is 1. The molecule has 0 saturated heterocycles. The third-order valence-electron chi connectivity index (χ3n) is 9.17. The van der Waals surface area contributed by atoms with Crippen LogP contribution in [0.15, 0.2) is 23.5 Å². The fourth-order valence-electron chi connectivity index (χ4n) is 7.59. The van der Waals surface area contributed by atoms with Gasteiger partial charge in [-0.15, -0.1) is 0 Å². The highest BCUT2D eigenvalue weighted by atomic mass is 16.4. The largest absolute Gasteiger partial charge is 0.512 e.